The third kappa shape index (κ3) is 4.36. The van der Waals surface area contributed by atoms with Gasteiger partial charge >= 0.3 is 0 Å². The summed E-state index contributed by atoms with van der Waals surface area (Å²) in [6, 6.07) is 6.68. The maximum Gasteiger partial charge on any atom is 0.246 e. The van der Waals surface area contributed by atoms with Crippen LogP contribution in [0.15, 0.2) is 43.2 Å². The van der Waals surface area contributed by atoms with Crippen LogP contribution in [0.1, 0.15) is 19.3 Å². The van der Waals surface area contributed by atoms with Gasteiger partial charge < -0.3 is 19.7 Å². The van der Waals surface area contributed by atoms with E-state index in [0.29, 0.717) is 34.8 Å². The van der Waals surface area contributed by atoms with Crippen LogP contribution in [0.2, 0.25) is 10.0 Å². The van der Waals surface area contributed by atoms with Gasteiger partial charge in [-0.1, -0.05) is 29.8 Å². The largest absolute Gasteiger partial charge is 0.493 e. The van der Waals surface area contributed by atoms with Crippen molar-refractivity contribution in [1.82, 2.24) is 14.9 Å². The lowest BCUT2D eigenvalue weighted by atomic mass is 9.77. The molecule has 3 atom stereocenters. The van der Waals surface area contributed by atoms with E-state index in [0.717, 1.165) is 19.3 Å². The fourth-order valence-electron chi connectivity index (χ4n) is 4.92. The number of carbonyl (C=O) groups is 1. The van der Waals surface area contributed by atoms with Gasteiger partial charge in [0.15, 0.2) is 17.3 Å². The minimum absolute atomic E-state index is 0.0381. The fourth-order valence-corrected chi connectivity index (χ4v) is 5.24. The van der Waals surface area contributed by atoms with Gasteiger partial charge in [0.2, 0.25) is 5.91 Å². The maximum absolute atomic E-state index is 14.7. The molecule has 1 saturated carbocycles. The summed E-state index contributed by atoms with van der Waals surface area (Å²) in [5.74, 6) is 0.943. The van der Waals surface area contributed by atoms with E-state index in [9.17, 15) is 9.18 Å². The Morgan fingerprint density at radius 2 is 2.09 bits per heavy atom. The van der Waals surface area contributed by atoms with Gasteiger partial charge in [-0.25, -0.2) is 14.4 Å². The van der Waals surface area contributed by atoms with Crippen molar-refractivity contribution in [2.45, 2.75) is 31.4 Å². The predicted molar refractivity (Wildman–Crippen MR) is 133 cm³/mol. The summed E-state index contributed by atoms with van der Waals surface area (Å²) in [5, 5.41) is 3.56. The van der Waals surface area contributed by atoms with Crippen molar-refractivity contribution in [3.8, 4) is 11.5 Å². The van der Waals surface area contributed by atoms with Gasteiger partial charge in [-0.2, -0.15) is 0 Å². The number of hydrogen-bond donors (Lipinski definition) is 1. The molecule has 0 unspecified atom stereocenters. The minimum Gasteiger partial charge on any atom is -0.493 e. The van der Waals surface area contributed by atoms with Crippen LogP contribution in [-0.2, 0) is 4.79 Å². The molecule has 6 rings (SSSR count). The summed E-state index contributed by atoms with van der Waals surface area (Å²) in [6.45, 7) is 4.26. The standard InChI is InChI=1S/C25H23Cl2FN4O3/c1-3-22(33)32-11-13-4-5-14(32)8-19(13)35-21-9-15-18(10-20(21)34-2)29-12-30-25(15)31-17-7-6-16(26)23(27)24(17)28/h3,6-7,9-10,12-14,19H,1,4-5,8,11H2,2H3,(H,29,30,31)/t13-,14-,19-/m0/s1. The number of hydrogen-bond acceptors (Lipinski definition) is 6. The van der Waals surface area contributed by atoms with Crippen molar-refractivity contribution in [2.24, 2.45) is 5.92 Å². The van der Waals surface area contributed by atoms with E-state index < -0.39 is 5.82 Å². The third-order valence-electron chi connectivity index (χ3n) is 6.72. The van der Waals surface area contributed by atoms with Gasteiger partial charge in [0.1, 0.15) is 18.2 Å². The average molecular weight is 517 g/mol. The number of carbonyl (C=O) groups excluding carboxylic acids is 1. The topological polar surface area (TPSA) is 76.6 Å². The van der Waals surface area contributed by atoms with Gasteiger partial charge in [-0.15, -0.1) is 0 Å². The lowest BCUT2D eigenvalue weighted by Crippen LogP contribution is -2.57. The number of piperidine rings is 2. The Hall–Kier alpha value is -3.10. The van der Waals surface area contributed by atoms with Gasteiger partial charge in [-0.3, -0.25) is 4.79 Å². The van der Waals surface area contributed by atoms with Gasteiger partial charge in [0.05, 0.1) is 28.4 Å². The molecule has 3 aliphatic rings. The Balaban J connectivity index is 1.46. The molecule has 3 fully saturated rings. The number of benzene rings is 2. The van der Waals surface area contributed by atoms with Crippen molar-refractivity contribution in [3.63, 3.8) is 0 Å². The van der Waals surface area contributed by atoms with Crippen molar-refractivity contribution >= 4 is 51.5 Å². The van der Waals surface area contributed by atoms with Crippen molar-refractivity contribution < 1.29 is 18.7 Å². The molecule has 3 aromatic rings. The van der Waals surface area contributed by atoms with Crippen LogP contribution in [0.3, 0.4) is 0 Å². The Morgan fingerprint density at radius 3 is 2.80 bits per heavy atom. The van der Waals surface area contributed by atoms with Crippen LogP contribution in [0.4, 0.5) is 15.9 Å². The number of halogens is 3. The molecule has 0 radical (unpaired) electrons. The monoisotopic (exact) mass is 516 g/mol. The number of methoxy groups -OCH3 is 1. The Bertz CT molecular complexity index is 1320. The molecule has 35 heavy (non-hydrogen) atoms. The van der Waals surface area contributed by atoms with E-state index in [1.165, 1.54) is 24.5 Å². The highest BCUT2D eigenvalue weighted by Gasteiger charge is 2.43. The molecule has 2 bridgehead atoms. The molecule has 7 nitrogen and oxygen atoms in total. The first-order chi connectivity index (χ1) is 16.9. The number of aromatic nitrogens is 2. The summed E-state index contributed by atoms with van der Waals surface area (Å²) in [4.78, 5) is 22.7. The van der Waals surface area contributed by atoms with Gasteiger partial charge in [-0.05, 0) is 37.1 Å². The second-order valence-electron chi connectivity index (χ2n) is 8.67. The first kappa shape index (κ1) is 23.6. The SMILES string of the molecule is C=CC(=O)N1C[C@@H]2CC[C@H]1C[C@@H]2Oc1cc2c(Nc3ccc(Cl)c(Cl)c3F)ncnc2cc1OC. The van der Waals surface area contributed by atoms with E-state index in [2.05, 4.69) is 21.9 Å². The molecular weight excluding hydrogens is 494 g/mol. The zero-order valence-electron chi connectivity index (χ0n) is 18.9. The number of anilines is 2. The number of ether oxygens (including phenoxy) is 2. The fraction of sp³-hybridized carbons (Fsp3) is 0.320. The van der Waals surface area contributed by atoms with Crippen LogP contribution in [-0.4, -0.2) is 46.6 Å². The average Bonchev–Trinajstić information content (AvgIpc) is 2.88. The molecule has 3 heterocycles. The van der Waals surface area contributed by atoms with E-state index in [4.69, 9.17) is 32.7 Å². The number of amides is 1. The van der Waals surface area contributed by atoms with E-state index in [-0.39, 0.29) is 39.7 Å². The van der Waals surface area contributed by atoms with Crippen molar-refractivity contribution in [3.05, 3.63) is 59.1 Å². The molecule has 1 aliphatic carbocycles. The number of nitrogens with one attached hydrogen (secondary N) is 1. The number of rotatable bonds is 6. The third-order valence-corrected chi connectivity index (χ3v) is 7.50. The Morgan fingerprint density at radius 1 is 1.26 bits per heavy atom. The molecule has 10 heteroatoms. The van der Waals surface area contributed by atoms with Crippen LogP contribution >= 0.6 is 23.2 Å². The molecule has 1 amide bonds. The van der Waals surface area contributed by atoms with Crippen molar-refractivity contribution in [1.29, 1.82) is 0 Å². The molecule has 182 valence electrons. The summed E-state index contributed by atoms with van der Waals surface area (Å²) in [7, 11) is 1.57. The lowest BCUT2D eigenvalue weighted by molar-refractivity contribution is -0.137. The normalized spacial score (nSPS) is 21.1. The Labute approximate surface area is 211 Å². The second-order valence-corrected chi connectivity index (χ2v) is 9.45. The molecule has 1 N–H and O–H groups in total. The summed E-state index contributed by atoms with van der Waals surface area (Å²) >= 11 is 11.9. The zero-order valence-corrected chi connectivity index (χ0v) is 20.4. The predicted octanol–water partition coefficient (Wildman–Crippen LogP) is 5.77. The number of fused-ring (bicyclic) bond motifs is 4. The van der Waals surface area contributed by atoms with Gasteiger partial charge in [0.25, 0.3) is 0 Å². The number of nitrogens with zero attached hydrogens (tertiary/aromatic N) is 3. The van der Waals surface area contributed by atoms with Crippen LogP contribution < -0.4 is 14.8 Å². The molecule has 2 saturated heterocycles. The van der Waals surface area contributed by atoms with Gasteiger partial charge in [0, 0.05) is 36.4 Å². The summed E-state index contributed by atoms with van der Waals surface area (Å²) in [5.41, 5.74) is 0.731. The van der Waals surface area contributed by atoms with Crippen LogP contribution in [0.5, 0.6) is 11.5 Å². The van der Waals surface area contributed by atoms with Crippen LogP contribution in [0, 0.1) is 11.7 Å². The lowest BCUT2D eigenvalue weighted by Gasteiger charge is -2.48. The highest BCUT2D eigenvalue weighted by molar-refractivity contribution is 6.42. The van der Waals surface area contributed by atoms with E-state index in [1.807, 2.05) is 4.90 Å². The maximum atomic E-state index is 14.7. The zero-order chi connectivity index (χ0) is 24.7. The smallest absolute Gasteiger partial charge is 0.246 e. The molecular formula is C25H23Cl2FN4O3. The highest BCUT2D eigenvalue weighted by Crippen LogP contribution is 2.41. The molecule has 2 aliphatic heterocycles. The summed E-state index contributed by atoms with van der Waals surface area (Å²) in [6.07, 6.45) is 5.35. The molecule has 1 aromatic heterocycles. The molecule has 0 spiro atoms. The second kappa shape index (κ2) is 9.51. The molecule has 2 aromatic carbocycles. The quantitative estimate of drug-likeness (QED) is 0.331. The minimum atomic E-state index is -0.673. The van der Waals surface area contributed by atoms with E-state index >= 15 is 0 Å². The summed E-state index contributed by atoms with van der Waals surface area (Å²) < 4.78 is 26.7. The Kier molecular flexibility index (Phi) is 6.42. The highest BCUT2D eigenvalue weighted by atomic mass is 35.5. The van der Waals surface area contributed by atoms with E-state index in [1.54, 1.807) is 19.2 Å². The first-order valence-corrected chi connectivity index (χ1v) is 12.0. The van der Waals surface area contributed by atoms with Crippen molar-refractivity contribution in [2.75, 3.05) is 19.0 Å². The van der Waals surface area contributed by atoms with Crippen LogP contribution in [0.25, 0.3) is 10.9 Å². The first-order valence-electron chi connectivity index (χ1n) is 11.2.